The number of nitrogens with zero attached hydrogens (tertiary/aromatic N) is 2. The molecule has 3 aliphatic heterocycles. The number of para-hydroxylation sites is 1. The molecule has 2 atom stereocenters. The molecule has 13 rings (SSSR count). The second-order valence-electron chi connectivity index (χ2n) is 25.5. The number of aryl methyl sites for hydroxylation is 4. The Morgan fingerprint density at radius 2 is 1.21 bits per heavy atom. The maximum atomic E-state index is 3.03. The van der Waals surface area contributed by atoms with E-state index in [0.29, 0.717) is 0 Å². The van der Waals surface area contributed by atoms with Gasteiger partial charge in [0.05, 0.1) is 5.69 Å². The van der Waals surface area contributed by atoms with Crippen molar-refractivity contribution in [3.05, 3.63) is 165 Å². The van der Waals surface area contributed by atoms with Crippen LogP contribution in [0.3, 0.4) is 0 Å². The number of hydrogen-bond acceptors (Lipinski definition) is 2. The molecule has 7 aromatic carbocycles. The van der Waals surface area contributed by atoms with E-state index in [2.05, 4.69) is 208 Å². The average molecular weight is 929 g/mol. The lowest BCUT2D eigenvalue weighted by molar-refractivity contribution is 0.199. The minimum Gasteiger partial charge on any atom is -0.400 e. The minimum absolute atomic E-state index is 0.0284. The van der Waals surface area contributed by atoms with Gasteiger partial charge in [-0.1, -0.05) is 159 Å². The monoisotopic (exact) mass is 929 g/mol. The van der Waals surface area contributed by atoms with E-state index in [0.717, 1.165) is 6.42 Å². The fourth-order valence-corrected chi connectivity index (χ4v) is 15.8. The summed E-state index contributed by atoms with van der Waals surface area (Å²) in [5.41, 5.74) is 32.3. The van der Waals surface area contributed by atoms with Crippen molar-refractivity contribution >= 4 is 40.5 Å². The predicted octanol–water partition coefficient (Wildman–Crippen LogP) is 16.9. The third-order valence-electron chi connectivity index (χ3n) is 19.9. The van der Waals surface area contributed by atoms with Crippen molar-refractivity contribution in [3.8, 4) is 44.5 Å². The highest BCUT2D eigenvalue weighted by Crippen LogP contribution is 2.64. The van der Waals surface area contributed by atoms with Crippen molar-refractivity contribution in [1.82, 2.24) is 0 Å². The van der Waals surface area contributed by atoms with E-state index < -0.39 is 0 Å². The first-order valence-electron chi connectivity index (χ1n) is 27.4. The van der Waals surface area contributed by atoms with Gasteiger partial charge in [0.1, 0.15) is 0 Å². The van der Waals surface area contributed by atoms with Crippen LogP contribution in [0.4, 0.5) is 22.7 Å². The van der Waals surface area contributed by atoms with Gasteiger partial charge >= 0.3 is 6.85 Å². The molecule has 6 aliphatic rings. The molecule has 2 unspecified atom stereocenters. The van der Waals surface area contributed by atoms with Gasteiger partial charge in [-0.15, -0.1) is 0 Å². The maximum absolute atomic E-state index is 3.03. The quantitative estimate of drug-likeness (QED) is 0.153. The van der Waals surface area contributed by atoms with Gasteiger partial charge in [-0.3, -0.25) is 0 Å². The van der Waals surface area contributed by atoms with E-state index in [1.54, 1.807) is 16.7 Å². The zero-order chi connectivity index (χ0) is 49.3. The third kappa shape index (κ3) is 6.08. The van der Waals surface area contributed by atoms with Crippen LogP contribution in [0.5, 0.6) is 0 Å². The number of rotatable bonds is 6. The van der Waals surface area contributed by atoms with E-state index >= 15 is 0 Å². The standard InChI is InChI=1S/C68H73BN2/c1-13-14-21-44-26-27-58(48(34-44)45-22-16-15-17-23-45)70-59-40-54-50(49-37-55-56(39-53(49)66(54,9)10)65(7,8)31-30-64(55,5)6)38-57(59)69-62-51(35-46(36-60(62)70)61-42(3)32-41(2)33-43(61)4)47-24-20-25-52-63(47)71(69)68(12)29-19-18-28-67(52,68)11/h15-17,20,22-27,32-40H,13-14,18-19,21,28-31H2,1-12H3. The largest absolute Gasteiger partial charge is 0.400 e. The van der Waals surface area contributed by atoms with Crippen LogP contribution in [0.25, 0.3) is 44.5 Å². The maximum Gasteiger partial charge on any atom is 0.328 e. The molecular formula is C68H73BN2. The summed E-state index contributed by atoms with van der Waals surface area (Å²) < 4.78 is 0. The van der Waals surface area contributed by atoms with Crippen molar-refractivity contribution in [2.45, 2.75) is 168 Å². The summed E-state index contributed by atoms with van der Waals surface area (Å²) in [5, 5.41) is 0. The molecule has 0 bridgehead atoms. The summed E-state index contributed by atoms with van der Waals surface area (Å²) in [4.78, 5) is 5.79. The van der Waals surface area contributed by atoms with Crippen LogP contribution in [0.2, 0.25) is 0 Å². The van der Waals surface area contributed by atoms with Gasteiger partial charge in [0.15, 0.2) is 0 Å². The van der Waals surface area contributed by atoms with Crippen LogP contribution >= 0.6 is 0 Å². The first kappa shape index (κ1) is 45.1. The molecule has 7 aromatic rings. The molecule has 0 saturated heterocycles. The van der Waals surface area contributed by atoms with Crippen LogP contribution < -0.4 is 20.6 Å². The molecule has 0 aromatic heterocycles. The summed E-state index contributed by atoms with van der Waals surface area (Å²) in [6, 6.07) is 47.0. The molecule has 358 valence electrons. The number of benzene rings is 7. The van der Waals surface area contributed by atoms with E-state index in [4.69, 9.17) is 0 Å². The highest BCUT2D eigenvalue weighted by molar-refractivity contribution is 6.93. The number of unbranched alkanes of at least 4 members (excludes halogenated alkanes) is 1. The fraction of sp³-hybridized carbons (Fsp3) is 0.382. The van der Waals surface area contributed by atoms with Gasteiger partial charge in [-0.2, -0.15) is 0 Å². The molecule has 3 heterocycles. The Labute approximate surface area is 426 Å². The van der Waals surface area contributed by atoms with Crippen LogP contribution in [-0.2, 0) is 28.1 Å². The topological polar surface area (TPSA) is 6.48 Å². The molecule has 1 fully saturated rings. The van der Waals surface area contributed by atoms with Gasteiger partial charge in [-0.05, 0) is 202 Å². The highest BCUT2D eigenvalue weighted by Gasteiger charge is 2.63. The van der Waals surface area contributed by atoms with Crippen molar-refractivity contribution in [2.75, 3.05) is 9.71 Å². The summed E-state index contributed by atoms with van der Waals surface area (Å²) in [7, 11) is 0. The zero-order valence-electron chi connectivity index (χ0n) is 44.8. The Kier molecular flexibility index (Phi) is 9.61. The summed E-state index contributed by atoms with van der Waals surface area (Å²) in [6.45, 7) is 29.6. The normalized spacial score (nSPS) is 22.0. The molecule has 1 saturated carbocycles. The van der Waals surface area contributed by atoms with E-state index in [9.17, 15) is 0 Å². The fourth-order valence-electron chi connectivity index (χ4n) is 15.8. The van der Waals surface area contributed by atoms with E-state index in [-0.39, 0.29) is 34.0 Å². The molecule has 0 N–H and O–H groups in total. The first-order chi connectivity index (χ1) is 33.9. The van der Waals surface area contributed by atoms with Crippen molar-refractivity contribution < 1.29 is 0 Å². The molecular weight excluding hydrogens is 856 g/mol. The SMILES string of the molecule is CCCCc1ccc(N2c3cc4c(cc3B3c5c(cc(-c6c(C)cc(C)cc6C)cc52)-c2cccc5c2N3C2(C)CCCCC52C)-c2cc3c(cc2C4(C)C)C(C)(C)CCC3(C)C)c(-c2ccccc2)c1. The molecule has 2 nitrogen and oxygen atoms in total. The number of fused-ring (bicyclic) bond motifs is 11. The van der Waals surface area contributed by atoms with Gasteiger partial charge < -0.3 is 9.71 Å². The number of anilines is 4. The second-order valence-corrected chi connectivity index (χ2v) is 25.5. The van der Waals surface area contributed by atoms with E-state index in [1.807, 2.05) is 0 Å². The van der Waals surface area contributed by atoms with Gasteiger partial charge in [0.2, 0.25) is 0 Å². The molecule has 3 heteroatoms. The van der Waals surface area contributed by atoms with Crippen LogP contribution in [0, 0.1) is 20.8 Å². The van der Waals surface area contributed by atoms with Crippen LogP contribution in [0.15, 0.2) is 115 Å². The summed E-state index contributed by atoms with van der Waals surface area (Å²) in [6.07, 6.45) is 10.8. The second kappa shape index (κ2) is 15.1. The average Bonchev–Trinajstić information content (AvgIpc) is 3.69. The van der Waals surface area contributed by atoms with Gasteiger partial charge in [-0.25, -0.2) is 0 Å². The van der Waals surface area contributed by atoms with Crippen molar-refractivity contribution in [3.63, 3.8) is 0 Å². The van der Waals surface area contributed by atoms with Crippen LogP contribution in [-0.4, -0.2) is 12.4 Å². The molecule has 0 spiro atoms. The summed E-state index contributed by atoms with van der Waals surface area (Å²) in [5.74, 6) is 0. The molecule has 71 heavy (non-hydrogen) atoms. The molecule has 0 amide bonds. The van der Waals surface area contributed by atoms with Crippen LogP contribution in [0.1, 0.15) is 164 Å². The highest BCUT2D eigenvalue weighted by atomic mass is 15.2. The Bertz CT molecular complexity index is 3400. The van der Waals surface area contributed by atoms with Crippen molar-refractivity contribution in [1.29, 1.82) is 0 Å². The lowest BCUT2D eigenvalue weighted by atomic mass is 9.42. The van der Waals surface area contributed by atoms with Crippen molar-refractivity contribution in [2.24, 2.45) is 0 Å². The predicted molar refractivity (Wildman–Crippen MR) is 305 cm³/mol. The Morgan fingerprint density at radius 3 is 1.94 bits per heavy atom. The number of hydrogen-bond donors (Lipinski definition) is 0. The lowest BCUT2D eigenvalue weighted by Crippen LogP contribution is -2.70. The minimum atomic E-state index is -0.193. The molecule has 3 aliphatic carbocycles. The third-order valence-corrected chi connectivity index (χ3v) is 19.9. The van der Waals surface area contributed by atoms with Gasteiger partial charge in [0.25, 0.3) is 0 Å². The molecule has 0 radical (unpaired) electrons. The first-order valence-corrected chi connectivity index (χ1v) is 27.4. The zero-order valence-corrected chi connectivity index (χ0v) is 44.8. The summed E-state index contributed by atoms with van der Waals surface area (Å²) >= 11 is 0. The lowest BCUT2D eigenvalue weighted by Gasteiger charge is -2.55. The van der Waals surface area contributed by atoms with Gasteiger partial charge in [0, 0.05) is 44.6 Å². The Hall–Kier alpha value is -5.80. The Morgan fingerprint density at radius 1 is 0.521 bits per heavy atom. The van der Waals surface area contributed by atoms with E-state index in [1.165, 1.54) is 163 Å². The Balaban J connectivity index is 1.18. The smallest absolute Gasteiger partial charge is 0.328 e.